The number of nitrogens with zero attached hydrogens (tertiary/aromatic N) is 1. The van der Waals surface area contributed by atoms with Crippen LogP contribution in [0.15, 0.2) is 0 Å². The van der Waals surface area contributed by atoms with Crippen molar-refractivity contribution < 1.29 is 13.2 Å². The van der Waals surface area contributed by atoms with Gasteiger partial charge in [0.15, 0.2) is 9.84 Å². The molecule has 6 nitrogen and oxygen atoms in total. The maximum Gasteiger partial charge on any atom is 0.317 e. The Labute approximate surface area is 102 Å². The van der Waals surface area contributed by atoms with Crippen LogP contribution in [-0.4, -0.2) is 63.1 Å². The predicted octanol–water partition coefficient (Wildman–Crippen LogP) is -0.822. The van der Waals surface area contributed by atoms with Crippen LogP contribution in [0.3, 0.4) is 0 Å². The monoisotopic (exact) mass is 261 g/mol. The van der Waals surface area contributed by atoms with Gasteiger partial charge in [0, 0.05) is 32.2 Å². The molecule has 2 amide bonds. The van der Waals surface area contributed by atoms with E-state index in [4.69, 9.17) is 0 Å². The van der Waals surface area contributed by atoms with Gasteiger partial charge < -0.3 is 15.5 Å². The lowest BCUT2D eigenvalue weighted by atomic mass is 10.2. The van der Waals surface area contributed by atoms with Crippen LogP contribution in [0.1, 0.15) is 12.8 Å². The highest BCUT2D eigenvalue weighted by Crippen LogP contribution is 2.11. The fraction of sp³-hybridized carbons (Fsp3) is 0.900. The zero-order valence-electron chi connectivity index (χ0n) is 9.81. The van der Waals surface area contributed by atoms with Crippen molar-refractivity contribution in [1.29, 1.82) is 0 Å². The van der Waals surface area contributed by atoms with Gasteiger partial charge in [0.05, 0.1) is 11.5 Å². The molecule has 0 aromatic carbocycles. The Morgan fingerprint density at radius 1 is 1.47 bits per heavy atom. The fourth-order valence-corrected chi connectivity index (χ4v) is 3.98. The van der Waals surface area contributed by atoms with E-state index in [9.17, 15) is 13.2 Å². The van der Waals surface area contributed by atoms with Gasteiger partial charge in [0.25, 0.3) is 0 Å². The predicted molar refractivity (Wildman–Crippen MR) is 64.7 cm³/mol. The summed E-state index contributed by atoms with van der Waals surface area (Å²) in [5, 5.41) is 5.96. The van der Waals surface area contributed by atoms with Gasteiger partial charge in [-0.3, -0.25) is 0 Å². The number of hydrogen-bond donors (Lipinski definition) is 2. The molecule has 0 aromatic rings. The summed E-state index contributed by atoms with van der Waals surface area (Å²) in [4.78, 5) is 13.0. The molecule has 98 valence electrons. The number of amides is 2. The summed E-state index contributed by atoms with van der Waals surface area (Å²) in [5.41, 5.74) is 0. The first-order valence-corrected chi connectivity index (χ1v) is 7.85. The highest BCUT2D eigenvalue weighted by molar-refractivity contribution is 7.91. The average Bonchev–Trinajstić information content (AvgIpc) is 2.63. The quantitative estimate of drug-likeness (QED) is 0.693. The summed E-state index contributed by atoms with van der Waals surface area (Å²) < 4.78 is 22.8. The molecule has 1 unspecified atom stereocenters. The number of nitrogens with one attached hydrogen (secondary N) is 2. The summed E-state index contributed by atoms with van der Waals surface area (Å²) in [6.45, 7) is 2.75. The normalized spacial score (nSPS) is 28.1. The van der Waals surface area contributed by atoms with E-state index in [1.807, 2.05) is 0 Å². The number of hydrogen-bond acceptors (Lipinski definition) is 4. The molecule has 0 saturated carbocycles. The van der Waals surface area contributed by atoms with E-state index in [0.717, 1.165) is 19.4 Å². The molecule has 0 aromatic heterocycles. The van der Waals surface area contributed by atoms with Gasteiger partial charge in [-0.2, -0.15) is 0 Å². The number of rotatable bonds is 4. The van der Waals surface area contributed by atoms with E-state index in [-0.39, 0.29) is 17.8 Å². The van der Waals surface area contributed by atoms with Gasteiger partial charge in [-0.1, -0.05) is 0 Å². The second kappa shape index (κ2) is 5.22. The van der Waals surface area contributed by atoms with Crippen LogP contribution in [0.5, 0.6) is 0 Å². The van der Waals surface area contributed by atoms with Crippen LogP contribution in [0.25, 0.3) is 0 Å². The second-order valence-electron chi connectivity index (χ2n) is 4.63. The van der Waals surface area contributed by atoms with Crippen LogP contribution in [0.4, 0.5) is 4.79 Å². The molecule has 2 rings (SSSR count). The van der Waals surface area contributed by atoms with Crippen LogP contribution in [0.2, 0.25) is 0 Å². The third kappa shape index (κ3) is 3.57. The van der Waals surface area contributed by atoms with E-state index in [1.165, 1.54) is 0 Å². The van der Waals surface area contributed by atoms with Gasteiger partial charge >= 0.3 is 6.03 Å². The van der Waals surface area contributed by atoms with Crippen LogP contribution in [0, 0.1) is 0 Å². The number of carbonyl (C=O) groups excluding carboxylic acids is 1. The van der Waals surface area contributed by atoms with Crippen molar-refractivity contribution in [3.05, 3.63) is 0 Å². The third-order valence-corrected chi connectivity index (χ3v) is 5.04. The molecule has 0 spiro atoms. The first-order chi connectivity index (χ1) is 8.07. The summed E-state index contributed by atoms with van der Waals surface area (Å²) in [5.74, 6) is 0.554. The van der Waals surface area contributed by atoms with Crippen molar-refractivity contribution in [1.82, 2.24) is 15.5 Å². The zero-order chi connectivity index (χ0) is 12.3. The standard InChI is InChI=1S/C10H19N3O3S/c14-10-12-4-6-13(10)5-3-11-9-2-1-7-17(15,16)8-9/h9,11H,1-8H2,(H,12,14). The molecule has 17 heavy (non-hydrogen) atoms. The Morgan fingerprint density at radius 2 is 2.29 bits per heavy atom. The SMILES string of the molecule is O=C1NCCN1CCNC1CCCS(=O)(=O)C1. The molecule has 2 saturated heterocycles. The van der Waals surface area contributed by atoms with Crippen molar-refractivity contribution in [3.63, 3.8) is 0 Å². The zero-order valence-corrected chi connectivity index (χ0v) is 10.6. The summed E-state index contributed by atoms with van der Waals surface area (Å²) >= 11 is 0. The molecule has 2 fully saturated rings. The first kappa shape index (κ1) is 12.6. The summed E-state index contributed by atoms with van der Waals surface area (Å²) in [6, 6.07) is 0.0301. The molecule has 0 aliphatic carbocycles. The maximum absolute atomic E-state index is 11.4. The number of carbonyl (C=O) groups is 1. The molecule has 2 heterocycles. The van der Waals surface area contributed by atoms with Gasteiger partial charge in [-0.15, -0.1) is 0 Å². The molecule has 0 bridgehead atoms. The maximum atomic E-state index is 11.4. The highest BCUT2D eigenvalue weighted by Gasteiger charge is 2.25. The first-order valence-electron chi connectivity index (χ1n) is 6.03. The summed E-state index contributed by atoms with van der Waals surface area (Å²) in [6.07, 6.45) is 1.65. The highest BCUT2D eigenvalue weighted by atomic mass is 32.2. The largest absolute Gasteiger partial charge is 0.336 e. The molecule has 2 aliphatic heterocycles. The van der Waals surface area contributed by atoms with Crippen molar-refractivity contribution in [2.24, 2.45) is 0 Å². The Bertz CT molecular complexity index is 382. The molecule has 2 aliphatic rings. The molecular weight excluding hydrogens is 242 g/mol. The Kier molecular flexibility index (Phi) is 3.88. The third-order valence-electron chi connectivity index (χ3n) is 3.22. The molecular formula is C10H19N3O3S. The van der Waals surface area contributed by atoms with Crippen LogP contribution >= 0.6 is 0 Å². The minimum absolute atomic E-state index is 0.0249. The Balaban J connectivity index is 1.70. The van der Waals surface area contributed by atoms with Gasteiger partial charge in [-0.05, 0) is 12.8 Å². The van der Waals surface area contributed by atoms with Crippen LogP contribution < -0.4 is 10.6 Å². The molecule has 1 atom stereocenters. The lowest BCUT2D eigenvalue weighted by molar-refractivity contribution is 0.217. The van der Waals surface area contributed by atoms with Crippen molar-refractivity contribution in [2.45, 2.75) is 18.9 Å². The number of urea groups is 1. The summed E-state index contributed by atoms with van der Waals surface area (Å²) in [7, 11) is -2.85. The van der Waals surface area contributed by atoms with E-state index >= 15 is 0 Å². The lowest BCUT2D eigenvalue weighted by Gasteiger charge is -2.24. The molecule has 0 radical (unpaired) electrons. The minimum atomic E-state index is -2.85. The average molecular weight is 261 g/mol. The Morgan fingerprint density at radius 3 is 2.94 bits per heavy atom. The fourth-order valence-electron chi connectivity index (χ4n) is 2.31. The van der Waals surface area contributed by atoms with Gasteiger partial charge in [-0.25, -0.2) is 13.2 Å². The van der Waals surface area contributed by atoms with E-state index in [1.54, 1.807) is 4.90 Å². The lowest BCUT2D eigenvalue weighted by Crippen LogP contribution is -2.43. The Hall–Kier alpha value is -0.820. The van der Waals surface area contributed by atoms with Crippen molar-refractivity contribution >= 4 is 15.9 Å². The number of sulfone groups is 1. The van der Waals surface area contributed by atoms with Crippen LogP contribution in [-0.2, 0) is 9.84 Å². The van der Waals surface area contributed by atoms with Gasteiger partial charge in [0.1, 0.15) is 0 Å². The molecule has 7 heteroatoms. The van der Waals surface area contributed by atoms with E-state index < -0.39 is 9.84 Å². The van der Waals surface area contributed by atoms with Crippen molar-refractivity contribution in [2.75, 3.05) is 37.7 Å². The molecule has 2 N–H and O–H groups in total. The van der Waals surface area contributed by atoms with E-state index in [0.29, 0.717) is 25.4 Å². The van der Waals surface area contributed by atoms with Crippen molar-refractivity contribution in [3.8, 4) is 0 Å². The topological polar surface area (TPSA) is 78.5 Å². The smallest absolute Gasteiger partial charge is 0.317 e. The minimum Gasteiger partial charge on any atom is -0.336 e. The van der Waals surface area contributed by atoms with Gasteiger partial charge in [0.2, 0.25) is 0 Å². The second-order valence-corrected chi connectivity index (χ2v) is 6.86. The van der Waals surface area contributed by atoms with E-state index in [2.05, 4.69) is 10.6 Å².